The van der Waals surface area contributed by atoms with Gasteiger partial charge in [-0.05, 0) is 26.8 Å². The number of hydrogen-bond acceptors (Lipinski definition) is 11. The standard InChI is InChI=1S/C24H38O11/c1-12-22(17(27-6)8-9-29-12)34-21-11-19(32-15(4)25)24(14(3)31-21)35-20-10-18(28-7)23(13(2)30-20)33-16(5)26/h8-9,12-14,17-24H,10-11H2,1-7H3. The summed E-state index contributed by atoms with van der Waals surface area (Å²) in [4.78, 5) is 23.4. The second kappa shape index (κ2) is 12.5. The molecule has 35 heavy (non-hydrogen) atoms. The van der Waals surface area contributed by atoms with Gasteiger partial charge in [-0.2, -0.15) is 0 Å². The van der Waals surface area contributed by atoms with Crippen molar-refractivity contribution in [3.05, 3.63) is 12.3 Å². The highest BCUT2D eigenvalue weighted by Gasteiger charge is 2.46. The van der Waals surface area contributed by atoms with E-state index in [0.29, 0.717) is 6.42 Å². The predicted molar refractivity (Wildman–Crippen MR) is 120 cm³/mol. The van der Waals surface area contributed by atoms with E-state index in [9.17, 15) is 9.59 Å². The second-order valence-electron chi connectivity index (χ2n) is 9.08. The Hall–Kier alpha value is -1.76. The van der Waals surface area contributed by atoms with Gasteiger partial charge >= 0.3 is 11.9 Å². The first-order valence-corrected chi connectivity index (χ1v) is 12.0. The van der Waals surface area contributed by atoms with Crippen molar-refractivity contribution < 1.29 is 52.2 Å². The van der Waals surface area contributed by atoms with Crippen LogP contribution in [0.4, 0.5) is 0 Å². The summed E-state index contributed by atoms with van der Waals surface area (Å²) in [5.74, 6) is -0.850. The summed E-state index contributed by atoms with van der Waals surface area (Å²) in [5.41, 5.74) is 0. The maximum Gasteiger partial charge on any atom is 0.303 e. The van der Waals surface area contributed by atoms with Gasteiger partial charge in [-0.15, -0.1) is 0 Å². The zero-order chi connectivity index (χ0) is 25.7. The number of carbonyl (C=O) groups excluding carboxylic acids is 2. The fraction of sp³-hybridized carbons (Fsp3) is 0.833. The molecule has 0 amide bonds. The molecule has 0 radical (unpaired) electrons. The van der Waals surface area contributed by atoms with Gasteiger partial charge < -0.3 is 42.6 Å². The molecule has 11 heteroatoms. The molecule has 3 aliphatic heterocycles. The van der Waals surface area contributed by atoms with E-state index in [2.05, 4.69) is 0 Å². The highest BCUT2D eigenvalue weighted by Crippen LogP contribution is 2.33. The Bertz CT molecular complexity index is 743. The van der Waals surface area contributed by atoms with E-state index in [0.717, 1.165) is 0 Å². The molecule has 0 aromatic carbocycles. The third kappa shape index (κ3) is 7.14. The third-order valence-electron chi connectivity index (χ3n) is 6.40. The zero-order valence-electron chi connectivity index (χ0n) is 21.4. The first-order valence-electron chi connectivity index (χ1n) is 12.0. The molecule has 0 aromatic heterocycles. The molecule has 0 spiro atoms. The molecule has 0 saturated carbocycles. The smallest absolute Gasteiger partial charge is 0.303 e. The van der Waals surface area contributed by atoms with E-state index in [1.54, 1.807) is 33.5 Å². The van der Waals surface area contributed by atoms with Crippen LogP contribution in [0.3, 0.4) is 0 Å². The van der Waals surface area contributed by atoms with Crippen molar-refractivity contribution in [3.63, 3.8) is 0 Å². The minimum absolute atomic E-state index is 0.252. The fourth-order valence-electron chi connectivity index (χ4n) is 4.74. The van der Waals surface area contributed by atoms with Gasteiger partial charge in [0.15, 0.2) is 18.7 Å². The zero-order valence-corrected chi connectivity index (χ0v) is 21.4. The highest BCUT2D eigenvalue weighted by molar-refractivity contribution is 5.66. The van der Waals surface area contributed by atoms with Crippen molar-refractivity contribution in [3.8, 4) is 0 Å². The van der Waals surface area contributed by atoms with Gasteiger partial charge in [0.25, 0.3) is 0 Å². The van der Waals surface area contributed by atoms with Crippen LogP contribution in [-0.2, 0) is 52.2 Å². The molecule has 3 rings (SSSR count). The van der Waals surface area contributed by atoms with E-state index in [1.165, 1.54) is 13.8 Å². The van der Waals surface area contributed by atoms with E-state index in [4.69, 9.17) is 42.6 Å². The van der Waals surface area contributed by atoms with Gasteiger partial charge in [0, 0.05) is 40.9 Å². The van der Waals surface area contributed by atoms with Gasteiger partial charge in [-0.1, -0.05) is 0 Å². The van der Waals surface area contributed by atoms with Crippen molar-refractivity contribution >= 4 is 11.9 Å². The molecule has 200 valence electrons. The van der Waals surface area contributed by atoms with Crippen molar-refractivity contribution in [2.45, 2.75) is 115 Å². The largest absolute Gasteiger partial charge is 0.496 e. The number of carbonyl (C=O) groups is 2. The normalized spacial score (nSPS) is 41.6. The molecule has 2 fully saturated rings. The SMILES string of the molecule is COC1C=COC(C)C1OC1CC(OC(C)=O)C(OC2CC(OC)C(OC(C)=O)C(C)O2)C(C)O1. The Labute approximate surface area is 206 Å². The van der Waals surface area contributed by atoms with Crippen LogP contribution in [0.25, 0.3) is 0 Å². The summed E-state index contributed by atoms with van der Waals surface area (Å²) in [5, 5.41) is 0. The molecule has 11 atom stereocenters. The summed E-state index contributed by atoms with van der Waals surface area (Å²) >= 11 is 0. The first-order chi connectivity index (χ1) is 16.6. The molecule has 0 aromatic rings. The minimum atomic E-state index is -0.678. The number of esters is 2. The van der Waals surface area contributed by atoms with Gasteiger partial charge in [-0.3, -0.25) is 9.59 Å². The Morgan fingerprint density at radius 3 is 1.89 bits per heavy atom. The van der Waals surface area contributed by atoms with Crippen LogP contribution < -0.4 is 0 Å². The molecule has 3 heterocycles. The Morgan fingerprint density at radius 1 is 0.743 bits per heavy atom. The Kier molecular flexibility index (Phi) is 9.91. The Morgan fingerprint density at radius 2 is 1.31 bits per heavy atom. The molecular formula is C24H38O11. The van der Waals surface area contributed by atoms with Crippen LogP contribution in [-0.4, -0.2) is 93.7 Å². The summed E-state index contributed by atoms with van der Waals surface area (Å²) in [6.45, 7) is 8.19. The van der Waals surface area contributed by atoms with Crippen LogP contribution in [0.1, 0.15) is 47.5 Å². The van der Waals surface area contributed by atoms with Crippen molar-refractivity contribution in [2.24, 2.45) is 0 Å². The van der Waals surface area contributed by atoms with Crippen molar-refractivity contribution in [1.29, 1.82) is 0 Å². The van der Waals surface area contributed by atoms with Crippen LogP contribution >= 0.6 is 0 Å². The first kappa shape index (κ1) is 27.8. The van der Waals surface area contributed by atoms with E-state index >= 15 is 0 Å². The number of hydrogen-bond donors (Lipinski definition) is 0. The van der Waals surface area contributed by atoms with Crippen LogP contribution in [0.15, 0.2) is 12.3 Å². The number of methoxy groups -OCH3 is 2. The fourth-order valence-corrected chi connectivity index (χ4v) is 4.74. The van der Waals surface area contributed by atoms with Gasteiger partial charge in [0.05, 0.1) is 18.5 Å². The molecule has 11 nitrogen and oxygen atoms in total. The van der Waals surface area contributed by atoms with Crippen LogP contribution in [0, 0.1) is 0 Å². The summed E-state index contributed by atoms with van der Waals surface area (Å²) in [7, 11) is 3.15. The third-order valence-corrected chi connectivity index (χ3v) is 6.40. The van der Waals surface area contributed by atoms with Crippen molar-refractivity contribution in [1.82, 2.24) is 0 Å². The lowest BCUT2D eigenvalue weighted by Gasteiger charge is -2.45. The van der Waals surface area contributed by atoms with Gasteiger partial charge in [-0.25, -0.2) is 0 Å². The van der Waals surface area contributed by atoms with Crippen molar-refractivity contribution in [2.75, 3.05) is 14.2 Å². The lowest BCUT2D eigenvalue weighted by Crippen LogP contribution is -2.56. The van der Waals surface area contributed by atoms with Gasteiger partial charge in [0.1, 0.15) is 36.6 Å². The molecular weight excluding hydrogens is 464 g/mol. The van der Waals surface area contributed by atoms with Gasteiger partial charge in [0.2, 0.25) is 0 Å². The van der Waals surface area contributed by atoms with Crippen LogP contribution in [0.5, 0.6) is 0 Å². The van der Waals surface area contributed by atoms with Crippen LogP contribution in [0.2, 0.25) is 0 Å². The lowest BCUT2D eigenvalue weighted by molar-refractivity contribution is -0.323. The monoisotopic (exact) mass is 502 g/mol. The maximum atomic E-state index is 11.9. The quantitative estimate of drug-likeness (QED) is 0.453. The van der Waals surface area contributed by atoms with E-state index in [-0.39, 0.29) is 18.6 Å². The predicted octanol–water partition coefficient (Wildman–Crippen LogP) is 1.85. The summed E-state index contributed by atoms with van der Waals surface area (Å²) in [6, 6.07) is 0. The molecule has 0 aliphatic carbocycles. The minimum Gasteiger partial charge on any atom is -0.496 e. The molecule has 2 saturated heterocycles. The topological polar surface area (TPSA) is 117 Å². The van der Waals surface area contributed by atoms with E-state index < -0.39 is 67.2 Å². The Balaban J connectivity index is 1.68. The maximum absolute atomic E-state index is 11.9. The molecule has 3 aliphatic rings. The molecule has 11 unspecified atom stereocenters. The number of ether oxygens (including phenoxy) is 9. The molecule has 0 bridgehead atoms. The second-order valence-corrected chi connectivity index (χ2v) is 9.08. The average molecular weight is 503 g/mol. The van der Waals surface area contributed by atoms with E-state index in [1.807, 2.05) is 13.8 Å². The molecule has 0 N–H and O–H groups in total. The summed E-state index contributed by atoms with van der Waals surface area (Å²) < 4.78 is 52.1. The average Bonchev–Trinajstić information content (AvgIpc) is 2.78. The summed E-state index contributed by atoms with van der Waals surface area (Å²) in [6.07, 6.45) is -1.50. The highest BCUT2D eigenvalue weighted by atomic mass is 16.7. The lowest BCUT2D eigenvalue weighted by atomic mass is 9.99. The number of rotatable bonds is 8.